The summed E-state index contributed by atoms with van der Waals surface area (Å²) in [7, 11) is 0. The molecule has 0 heterocycles. The van der Waals surface area contributed by atoms with Gasteiger partial charge in [0.05, 0.1) is 0 Å². The lowest BCUT2D eigenvalue weighted by molar-refractivity contribution is 0.542. The van der Waals surface area contributed by atoms with Crippen LogP contribution in [0.4, 0.5) is 0 Å². The largest absolute Gasteiger partial charge is 0.0999 e. The number of allylic oxidation sites excluding steroid dienone is 8. The summed E-state index contributed by atoms with van der Waals surface area (Å²) in [4.78, 5) is 0. The van der Waals surface area contributed by atoms with Crippen molar-refractivity contribution in [1.29, 1.82) is 0 Å². The Labute approximate surface area is 215 Å². The summed E-state index contributed by atoms with van der Waals surface area (Å²) >= 11 is 0. The van der Waals surface area contributed by atoms with E-state index in [4.69, 9.17) is 0 Å². The Balaban J connectivity index is 4.20. The van der Waals surface area contributed by atoms with E-state index < -0.39 is 0 Å². The van der Waals surface area contributed by atoms with Gasteiger partial charge in [-0.15, -0.1) is 0 Å². The van der Waals surface area contributed by atoms with Crippen LogP contribution in [0.5, 0.6) is 0 Å². The van der Waals surface area contributed by atoms with Crippen molar-refractivity contribution in [2.45, 2.75) is 120 Å². The van der Waals surface area contributed by atoms with Gasteiger partial charge >= 0.3 is 0 Å². The third kappa shape index (κ3) is 15.4. The summed E-state index contributed by atoms with van der Waals surface area (Å²) < 4.78 is 0. The van der Waals surface area contributed by atoms with Crippen molar-refractivity contribution in [3.8, 4) is 0 Å². The van der Waals surface area contributed by atoms with Crippen LogP contribution in [0.15, 0.2) is 71.9 Å². The van der Waals surface area contributed by atoms with Crippen LogP contribution in [0.2, 0.25) is 0 Å². The summed E-state index contributed by atoms with van der Waals surface area (Å²) in [5, 5.41) is 0. The minimum Gasteiger partial charge on any atom is -0.0999 e. The molecule has 0 fully saturated rings. The minimum atomic E-state index is 0.597. The van der Waals surface area contributed by atoms with Gasteiger partial charge in [-0.1, -0.05) is 99.6 Å². The smallest absolute Gasteiger partial charge is 0.0231 e. The molecular formula is C34H58. The highest BCUT2D eigenvalue weighted by molar-refractivity contribution is 5.07. The SMILES string of the molecule is C=C(C)[C@H](C)CCC(=C)[C@H](C)CC/C(C)=C/CC/C=C(\C)CC[C@@H](C)C(=C)CC[C@H](C)C(=C)C. The Morgan fingerprint density at radius 1 is 0.500 bits per heavy atom. The highest BCUT2D eigenvalue weighted by Crippen LogP contribution is 2.26. The van der Waals surface area contributed by atoms with Crippen molar-refractivity contribution in [1.82, 2.24) is 0 Å². The van der Waals surface area contributed by atoms with Gasteiger partial charge < -0.3 is 0 Å². The zero-order chi connectivity index (χ0) is 26.3. The Kier molecular flexibility index (Phi) is 17.0. The predicted octanol–water partition coefficient (Wildman–Crippen LogP) is 11.6. The molecule has 0 nitrogen and oxygen atoms in total. The topological polar surface area (TPSA) is 0 Å². The standard InChI is InChI=1S/C34H58/c1-25(2)29(7)21-23-33(11)31(9)19-17-27(5)15-13-14-16-28(6)18-20-32(10)34(12)24-22-30(8)26(3)4/h15-16,29-32H,1,3,11-14,17-24H2,2,4-10H3/b27-15+,28-16+/t29-,30+,31-,32-/m1/s1. The van der Waals surface area contributed by atoms with Gasteiger partial charge in [0.2, 0.25) is 0 Å². The highest BCUT2D eigenvalue weighted by Gasteiger charge is 2.11. The molecule has 0 saturated heterocycles. The maximum atomic E-state index is 4.36. The first-order chi connectivity index (χ1) is 15.8. The quantitative estimate of drug-likeness (QED) is 0.131. The van der Waals surface area contributed by atoms with Gasteiger partial charge in [0.1, 0.15) is 0 Å². The molecule has 194 valence electrons. The number of rotatable bonds is 19. The Bertz CT molecular complexity index is 648. The van der Waals surface area contributed by atoms with Crippen molar-refractivity contribution in [2.75, 3.05) is 0 Å². The molecule has 0 aliphatic heterocycles. The molecule has 4 atom stereocenters. The van der Waals surface area contributed by atoms with E-state index in [-0.39, 0.29) is 0 Å². The van der Waals surface area contributed by atoms with Gasteiger partial charge in [-0.25, -0.2) is 0 Å². The van der Waals surface area contributed by atoms with E-state index in [0.29, 0.717) is 23.7 Å². The molecule has 0 aromatic heterocycles. The molecule has 34 heavy (non-hydrogen) atoms. The second kappa shape index (κ2) is 17.8. The zero-order valence-corrected chi connectivity index (χ0v) is 24.4. The van der Waals surface area contributed by atoms with E-state index in [1.165, 1.54) is 72.0 Å². The lowest BCUT2D eigenvalue weighted by atomic mass is 9.88. The maximum Gasteiger partial charge on any atom is -0.0231 e. The van der Waals surface area contributed by atoms with E-state index in [0.717, 1.165) is 25.7 Å². The lowest BCUT2D eigenvalue weighted by Gasteiger charge is -2.18. The minimum absolute atomic E-state index is 0.597. The Hall–Kier alpha value is -1.56. The summed E-state index contributed by atoms with van der Waals surface area (Å²) in [6.07, 6.45) is 16.6. The third-order valence-corrected chi connectivity index (χ3v) is 7.97. The fraction of sp³-hybridized carbons (Fsp3) is 0.647. The molecule has 0 aromatic rings. The molecule has 0 spiro atoms. The number of unbranched alkanes of at least 4 members (excludes halogenated alkanes) is 1. The first kappa shape index (κ1) is 32.4. The fourth-order valence-electron chi connectivity index (χ4n) is 3.95. The first-order valence-corrected chi connectivity index (χ1v) is 13.8. The zero-order valence-electron chi connectivity index (χ0n) is 24.4. The van der Waals surface area contributed by atoms with Crippen LogP contribution in [0.1, 0.15) is 120 Å². The maximum absolute atomic E-state index is 4.36. The molecule has 0 amide bonds. The average molecular weight is 467 g/mol. The summed E-state index contributed by atoms with van der Waals surface area (Å²) in [5.74, 6) is 2.39. The first-order valence-electron chi connectivity index (χ1n) is 13.8. The van der Waals surface area contributed by atoms with Gasteiger partial charge in [-0.05, 0) is 116 Å². The molecule has 0 unspecified atom stereocenters. The van der Waals surface area contributed by atoms with Crippen molar-refractivity contribution in [3.63, 3.8) is 0 Å². The second-order valence-electron chi connectivity index (χ2n) is 11.4. The van der Waals surface area contributed by atoms with Crippen LogP contribution in [-0.2, 0) is 0 Å². The molecule has 0 heteroatoms. The van der Waals surface area contributed by atoms with Gasteiger partial charge in [0.25, 0.3) is 0 Å². The molecule has 0 N–H and O–H groups in total. The van der Waals surface area contributed by atoms with Crippen LogP contribution in [0, 0.1) is 23.7 Å². The summed E-state index contributed by atoms with van der Waals surface area (Å²) in [6.45, 7) is 34.9. The van der Waals surface area contributed by atoms with Crippen LogP contribution in [0.3, 0.4) is 0 Å². The fourth-order valence-corrected chi connectivity index (χ4v) is 3.95. The van der Waals surface area contributed by atoms with Crippen molar-refractivity contribution >= 4 is 0 Å². The molecule has 0 aromatic carbocycles. The van der Waals surface area contributed by atoms with Crippen LogP contribution in [0.25, 0.3) is 0 Å². The number of hydrogen-bond donors (Lipinski definition) is 0. The third-order valence-electron chi connectivity index (χ3n) is 7.97. The molecule has 0 saturated carbocycles. The van der Waals surface area contributed by atoms with Gasteiger partial charge in [0.15, 0.2) is 0 Å². The lowest BCUT2D eigenvalue weighted by Crippen LogP contribution is -2.02. The molecule has 0 radical (unpaired) electrons. The molecular weight excluding hydrogens is 408 g/mol. The predicted molar refractivity (Wildman–Crippen MR) is 158 cm³/mol. The van der Waals surface area contributed by atoms with E-state index in [1.807, 2.05) is 0 Å². The Morgan fingerprint density at radius 3 is 1.09 bits per heavy atom. The molecule has 0 aliphatic carbocycles. The van der Waals surface area contributed by atoms with E-state index >= 15 is 0 Å². The number of hydrogen-bond acceptors (Lipinski definition) is 0. The summed E-state index contributed by atoms with van der Waals surface area (Å²) in [5.41, 5.74) is 8.42. The molecule has 0 aliphatic rings. The van der Waals surface area contributed by atoms with Gasteiger partial charge in [-0.2, -0.15) is 0 Å². The van der Waals surface area contributed by atoms with Crippen molar-refractivity contribution in [3.05, 3.63) is 71.9 Å². The summed E-state index contributed by atoms with van der Waals surface area (Å²) in [6, 6.07) is 0. The molecule has 0 bridgehead atoms. The molecule has 0 rings (SSSR count). The van der Waals surface area contributed by atoms with E-state index in [1.54, 1.807) is 0 Å². The van der Waals surface area contributed by atoms with Crippen molar-refractivity contribution in [2.24, 2.45) is 23.7 Å². The average Bonchev–Trinajstić information content (AvgIpc) is 2.79. The van der Waals surface area contributed by atoms with E-state index in [2.05, 4.69) is 93.9 Å². The van der Waals surface area contributed by atoms with E-state index in [9.17, 15) is 0 Å². The van der Waals surface area contributed by atoms with Gasteiger partial charge in [0, 0.05) is 0 Å². The highest BCUT2D eigenvalue weighted by atomic mass is 14.2. The van der Waals surface area contributed by atoms with Crippen LogP contribution < -0.4 is 0 Å². The second-order valence-corrected chi connectivity index (χ2v) is 11.4. The van der Waals surface area contributed by atoms with Crippen LogP contribution in [-0.4, -0.2) is 0 Å². The Morgan fingerprint density at radius 2 is 0.794 bits per heavy atom. The van der Waals surface area contributed by atoms with Crippen LogP contribution >= 0.6 is 0 Å². The normalized spacial score (nSPS) is 16.0. The van der Waals surface area contributed by atoms with Gasteiger partial charge in [-0.3, -0.25) is 0 Å². The monoisotopic (exact) mass is 466 g/mol. The van der Waals surface area contributed by atoms with Crippen molar-refractivity contribution < 1.29 is 0 Å².